The molecule has 0 aliphatic carbocycles. The molecule has 0 bridgehead atoms. The first-order valence-electron chi connectivity index (χ1n) is 4.97. The maximum absolute atomic E-state index is 11.2. The molecule has 1 aromatic rings. The third-order valence-electron chi connectivity index (χ3n) is 2.20. The summed E-state index contributed by atoms with van der Waals surface area (Å²) in [4.78, 5) is 11.2. The highest BCUT2D eigenvalue weighted by molar-refractivity contribution is 5.89. The molecule has 0 spiro atoms. The first-order valence-corrected chi connectivity index (χ1v) is 4.97. The van der Waals surface area contributed by atoms with E-state index in [4.69, 9.17) is 11.7 Å². The lowest BCUT2D eigenvalue weighted by atomic mass is 10.1. The van der Waals surface area contributed by atoms with Crippen LogP contribution in [0.25, 0.3) is 0 Å². The van der Waals surface area contributed by atoms with Crippen LogP contribution in [0, 0.1) is 23.7 Å². The molecule has 86 valence electrons. The first kappa shape index (κ1) is 12.8. The van der Waals surface area contributed by atoms with Crippen LogP contribution in [0.5, 0.6) is 0 Å². The average molecular weight is 228 g/mol. The number of carbonyl (C=O) groups is 1. The summed E-state index contributed by atoms with van der Waals surface area (Å²) >= 11 is 0. The first-order chi connectivity index (χ1) is 8.22. The predicted octanol–water partition coefficient (Wildman–Crippen LogP) is 1.26. The Hall–Kier alpha value is -2.30. The molecule has 4 nitrogen and oxygen atoms in total. The van der Waals surface area contributed by atoms with E-state index in [1.807, 2.05) is 0 Å². The van der Waals surface area contributed by atoms with Gasteiger partial charge in [0.15, 0.2) is 0 Å². The van der Waals surface area contributed by atoms with Gasteiger partial charge in [-0.3, -0.25) is 5.32 Å². The van der Waals surface area contributed by atoms with Crippen LogP contribution < -0.4 is 5.32 Å². The molecule has 1 rings (SSSR count). The van der Waals surface area contributed by atoms with Crippen molar-refractivity contribution in [1.82, 2.24) is 5.32 Å². The van der Waals surface area contributed by atoms with E-state index in [0.29, 0.717) is 12.1 Å². The molecule has 0 fully saturated rings. The minimum atomic E-state index is -0.474. The highest BCUT2D eigenvalue weighted by atomic mass is 16.5. The molecule has 1 aromatic carbocycles. The quantitative estimate of drug-likeness (QED) is 0.622. The molecule has 0 heterocycles. The van der Waals surface area contributed by atoms with Gasteiger partial charge in [-0.05, 0) is 17.7 Å². The summed E-state index contributed by atoms with van der Waals surface area (Å²) in [7, 11) is 1.32. The summed E-state index contributed by atoms with van der Waals surface area (Å²) in [6, 6.07) is 8.24. The van der Waals surface area contributed by atoms with Crippen molar-refractivity contribution in [2.45, 2.75) is 6.04 Å². The topological polar surface area (TPSA) is 62.1 Å². The third kappa shape index (κ3) is 3.34. The SMILES string of the molecule is C#CCNC(C#N)c1ccc(C(=O)OC)cc1. The third-order valence-corrected chi connectivity index (χ3v) is 2.20. The van der Waals surface area contributed by atoms with Crippen LogP contribution in [-0.2, 0) is 4.74 Å². The zero-order valence-corrected chi connectivity index (χ0v) is 9.43. The predicted molar refractivity (Wildman–Crippen MR) is 63.0 cm³/mol. The fourth-order valence-electron chi connectivity index (χ4n) is 1.33. The standard InChI is InChI=1S/C13H12N2O2/c1-3-8-15-12(9-14)10-4-6-11(7-5-10)13(16)17-2/h1,4-7,12,15H,8H2,2H3. The van der Waals surface area contributed by atoms with Gasteiger partial charge in [0.25, 0.3) is 0 Å². The second-order valence-electron chi connectivity index (χ2n) is 3.26. The van der Waals surface area contributed by atoms with Crippen LogP contribution in [0.2, 0.25) is 0 Å². The van der Waals surface area contributed by atoms with Gasteiger partial charge in [-0.1, -0.05) is 18.1 Å². The number of nitrogens with zero attached hydrogens (tertiary/aromatic N) is 1. The lowest BCUT2D eigenvalue weighted by molar-refractivity contribution is 0.0600. The van der Waals surface area contributed by atoms with Crippen LogP contribution in [0.15, 0.2) is 24.3 Å². The molecule has 0 radical (unpaired) electrons. The van der Waals surface area contributed by atoms with Crippen molar-refractivity contribution in [3.8, 4) is 18.4 Å². The van der Waals surface area contributed by atoms with Gasteiger partial charge in [0, 0.05) is 0 Å². The molecule has 0 amide bonds. The lowest BCUT2D eigenvalue weighted by Gasteiger charge is -2.09. The number of methoxy groups -OCH3 is 1. The summed E-state index contributed by atoms with van der Waals surface area (Å²) in [6.07, 6.45) is 5.11. The Morgan fingerprint density at radius 1 is 1.53 bits per heavy atom. The highest BCUT2D eigenvalue weighted by Crippen LogP contribution is 2.13. The highest BCUT2D eigenvalue weighted by Gasteiger charge is 2.10. The second kappa shape index (κ2) is 6.32. The maximum atomic E-state index is 11.2. The molecule has 1 atom stereocenters. The number of nitriles is 1. The summed E-state index contributed by atoms with van der Waals surface area (Å²) < 4.78 is 4.58. The second-order valence-corrected chi connectivity index (χ2v) is 3.26. The molecule has 0 saturated heterocycles. The average Bonchev–Trinajstić information content (AvgIpc) is 2.39. The molecule has 4 heteroatoms. The molecule has 0 aliphatic heterocycles. The fraction of sp³-hybridized carbons (Fsp3) is 0.231. The number of ether oxygens (including phenoxy) is 1. The van der Waals surface area contributed by atoms with Gasteiger partial charge in [0.1, 0.15) is 6.04 Å². The smallest absolute Gasteiger partial charge is 0.337 e. The van der Waals surface area contributed by atoms with Crippen molar-refractivity contribution < 1.29 is 9.53 Å². The lowest BCUT2D eigenvalue weighted by Crippen LogP contribution is -2.20. The Morgan fingerprint density at radius 2 is 2.18 bits per heavy atom. The summed E-state index contributed by atoms with van der Waals surface area (Å²) in [6.45, 7) is 0.316. The van der Waals surface area contributed by atoms with Gasteiger partial charge in [0.2, 0.25) is 0 Å². The Kier molecular flexibility index (Phi) is 4.75. The maximum Gasteiger partial charge on any atom is 0.337 e. The number of esters is 1. The molecule has 0 aliphatic rings. The van der Waals surface area contributed by atoms with Crippen LogP contribution in [0.1, 0.15) is 22.0 Å². The number of nitrogens with one attached hydrogen (secondary N) is 1. The van der Waals surface area contributed by atoms with Gasteiger partial charge in [-0.25, -0.2) is 4.79 Å². The van der Waals surface area contributed by atoms with E-state index < -0.39 is 12.0 Å². The van der Waals surface area contributed by atoms with E-state index in [9.17, 15) is 4.79 Å². The zero-order chi connectivity index (χ0) is 12.7. The van der Waals surface area contributed by atoms with Crippen LogP contribution >= 0.6 is 0 Å². The van der Waals surface area contributed by atoms with Crippen molar-refractivity contribution in [2.75, 3.05) is 13.7 Å². The number of carbonyl (C=O) groups excluding carboxylic acids is 1. The van der Waals surface area contributed by atoms with Gasteiger partial charge >= 0.3 is 5.97 Å². The molecule has 17 heavy (non-hydrogen) atoms. The van der Waals surface area contributed by atoms with E-state index in [-0.39, 0.29) is 0 Å². The minimum Gasteiger partial charge on any atom is -0.465 e. The van der Waals surface area contributed by atoms with Crippen LogP contribution in [0.3, 0.4) is 0 Å². The van der Waals surface area contributed by atoms with Crippen LogP contribution in [0.4, 0.5) is 0 Å². The van der Waals surface area contributed by atoms with E-state index in [2.05, 4.69) is 22.0 Å². The number of hydrogen-bond donors (Lipinski definition) is 1. The normalized spacial score (nSPS) is 11.0. The summed E-state index contributed by atoms with van der Waals surface area (Å²) in [5.41, 5.74) is 1.21. The van der Waals surface area contributed by atoms with Gasteiger partial charge < -0.3 is 4.74 Å². The Balaban J connectivity index is 2.83. The van der Waals surface area contributed by atoms with E-state index in [0.717, 1.165) is 5.56 Å². The van der Waals surface area contributed by atoms with Gasteiger partial charge in [0.05, 0.1) is 25.3 Å². The molecule has 1 N–H and O–H groups in total. The zero-order valence-electron chi connectivity index (χ0n) is 9.43. The Labute approximate surface area is 100 Å². The van der Waals surface area contributed by atoms with Crippen molar-refractivity contribution >= 4 is 5.97 Å². The number of terminal acetylenes is 1. The molecular formula is C13H12N2O2. The summed E-state index contributed by atoms with van der Waals surface area (Å²) in [5.74, 6) is 2.00. The Bertz CT molecular complexity index is 466. The monoisotopic (exact) mass is 228 g/mol. The number of benzene rings is 1. The van der Waals surface area contributed by atoms with Gasteiger partial charge in [-0.2, -0.15) is 5.26 Å². The van der Waals surface area contributed by atoms with E-state index >= 15 is 0 Å². The van der Waals surface area contributed by atoms with Crippen LogP contribution in [-0.4, -0.2) is 19.6 Å². The van der Waals surface area contributed by atoms with Crippen molar-refractivity contribution in [1.29, 1.82) is 5.26 Å². The van der Waals surface area contributed by atoms with Gasteiger partial charge in [-0.15, -0.1) is 6.42 Å². The molecule has 1 unspecified atom stereocenters. The summed E-state index contributed by atoms with van der Waals surface area (Å²) in [5, 5.41) is 11.8. The number of hydrogen-bond acceptors (Lipinski definition) is 4. The Morgan fingerprint density at radius 3 is 2.65 bits per heavy atom. The largest absolute Gasteiger partial charge is 0.465 e. The van der Waals surface area contributed by atoms with Crippen molar-refractivity contribution in [2.24, 2.45) is 0 Å². The van der Waals surface area contributed by atoms with E-state index in [1.165, 1.54) is 7.11 Å². The minimum absolute atomic E-state index is 0.316. The number of rotatable bonds is 4. The fourth-order valence-corrected chi connectivity index (χ4v) is 1.33. The van der Waals surface area contributed by atoms with Crippen molar-refractivity contribution in [3.63, 3.8) is 0 Å². The molecular weight excluding hydrogens is 216 g/mol. The van der Waals surface area contributed by atoms with Crippen molar-refractivity contribution in [3.05, 3.63) is 35.4 Å². The molecule has 0 aromatic heterocycles. The molecule has 0 saturated carbocycles. The van der Waals surface area contributed by atoms with E-state index in [1.54, 1.807) is 24.3 Å².